The van der Waals surface area contributed by atoms with Crippen LogP contribution in [0.15, 0.2) is 60.7 Å². The van der Waals surface area contributed by atoms with Gasteiger partial charge in [0.25, 0.3) is 5.91 Å². The number of hydrogen-bond acceptors (Lipinski definition) is 2. The summed E-state index contributed by atoms with van der Waals surface area (Å²) in [5.41, 5.74) is 1.06. The van der Waals surface area contributed by atoms with E-state index >= 15 is 0 Å². The van der Waals surface area contributed by atoms with E-state index in [4.69, 9.17) is 0 Å². The van der Waals surface area contributed by atoms with Gasteiger partial charge in [-0.15, -0.1) is 0 Å². The van der Waals surface area contributed by atoms with Crippen LogP contribution in [0.25, 0.3) is 10.9 Å². The molecule has 3 aromatic rings. The van der Waals surface area contributed by atoms with Crippen LogP contribution in [0.5, 0.6) is 0 Å². The lowest BCUT2D eigenvalue weighted by molar-refractivity contribution is 0.102. The van der Waals surface area contributed by atoms with Crippen LogP contribution in [-0.2, 0) is 0 Å². The number of para-hydroxylation sites is 1. The predicted molar refractivity (Wildman–Crippen MR) is 76.1 cm³/mol. The van der Waals surface area contributed by atoms with Crippen LogP contribution in [0.2, 0.25) is 0 Å². The molecule has 0 bridgehead atoms. The normalized spacial score (nSPS) is 10.4. The molecule has 3 rings (SSSR count). The van der Waals surface area contributed by atoms with Crippen LogP contribution < -0.4 is 5.32 Å². The smallest absolute Gasteiger partial charge is 0.256 e. The average molecular weight is 266 g/mol. The quantitative estimate of drug-likeness (QED) is 0.769. The van der Waals surface area contributed by atoms with Gasteiger partial charge in [0.2, 0.25) is 0 Å². The molecule has 4 heteroatoms. The first kappa shape index (κ1) is 12.3. The van der Waals surface area contributed by atoms with Gasteiger partial charge in [0, 0.05) is 10.9 Å². The van der Waals surface area contributed by atoms with Gasteiger partial charge in [-0.05, 0) is 36.4 Å². The molecule has 0 atom stereocenters. The van der Waals surface area contributed by atoms with E-state index in [0.29, 0.717) is 5.82 Å². The highest BCUT2D eigenvalue weighted by molar-refractivity contribution is 6.04. The summed E-state index contributed by atoms with van der Waals surface area (Å²) in [7, 11) is 0. The molecule has 2 aromatic carbocycles. The van der Waals surface area contributed by atoms with E-state index in [2.05, 4.69) is 10.3 Å². The summed E-state index contributed by atoms with van der Waals surface area (Å²) in [4.78, 5) is 16.3. The van der Waals surface area contributed by atoms with Crippen LogP contribution >= 0.6 is 0 Å². The first-order valence-electron chi connectivity index (χ1n) is 6.15. The van der Waals surface area contributed by atoms with Gasteiger partial charge < -0.3 is 5.32 Å². The van der Waals surface area contributed by atoms with Crippen molar-refractivity contribution in [2.75, 3.05) is 5.32 Å². The molecule has 1 amide bonds. The fourth-order valence-electron chi connectivity index (χ4n) is 1.95. The number of halogens is 1. The topological polar surface area (TPSA) is 42.0 Å². The molecule has 0 unspecified atom stereocenters. The van der Waals surface area contributed by atoms with Crippen LogP contribution in [0.4, 0.5) is 10.2 Å². The van der Waals surface area contributed by atoms with E-state index in [0.717, 1.165) is 10.9 Å². The van der Waals surface area contributed by atoms with Gasteiger partial charge in [-0.1, -0.05) is 24.3 Å². The van der Waals surface area contributed by atoms with Crippen molar-refractivity contribution in [3.05, 3.63) is 72.0 Å². The molecule has 1 aromatic heterocycles. The number of amides is 1. The van der Waals surface area contributed by atoms with E-state index in [1.807, 2.05) is 30.3 Å². The average Bonchev–Trinajstić information content (AvgIpc) is 2.47. The number of carbonyl (C=O) groups is 1. The number of nitrogens with one attached hydrogen (secondary N) is 1. The summed E-state index contributed by atoms with van der Waals surface area (Å²) in [6.45, 7) is 0. The second-order valence-corrected chi connectivity index (χ2v) is 4.35. The highest BCUT2D eigenvalue weighted by Gasteiger charge is 2.07. The molecule has 0 aliphatic heterocycles. The lowest BCUT2D eigenvalue weighted by Gasteiger charge is -2.05. The van der Waals surface area contributed by atoms with Gasteiger partial charge in [-0.25, -0.2) is 9.37 Å². The third kappa shape index (κ3) is 2.49. The summed E-state index contributed by atoms with van der Waals surface area (Å²) in [6, 6.07) is 16.8. The summed E-state index contributed by atoms with van der Waals surface area (Å²) < 4.78 is 13.1. The maximum absolute atomic E-state index is 13.1. The highest BCUT2D eigenvalue weighted by atomic mass is 19.1. The molecule has 0 fully saturated rings. The minimum Gasteiger partial charge on any atom is -0.307 e. The SMILES string of the molecule is O=C(Nc1ccc2ccccc2n1)c1cccc(F)c1. The minimum atomic E-state index is -0.441. The minimum absolute atomic E-state index is 0.264. The van der Waals surface area contributed by atoms with Crippen molar-refractivity contribution in [2.24, 2.45) is 0 Å². The van der Waals surface area contributed by atoms with Crippen LogP contribution in [0.1, 0.15) is 10.4 Å². The number of nitrogens with zero attached hydrogens (tertiary/aromatic N) is 1. The summed E-state index contributed by atoms with van der Waals surface area (Å²) >= 11 is 0. The van der Waals surface area contributed by atoms with E-state index in [9.17, 15) is 9.18 Å². The maximum Gasteiger partial charge on any atom is 0.256 e. The Morgan fingerprint density at radius 1 is 1.00 bits per heavy atom. The van der Waals surface area contributed by atoms with Gasteiger partial charge in [0.15, 0.2) is 0 Å². The second kappa shape index (κ2) is 5.09. The van der Waals surface area contributed by atoms with Crippen molar-refractivity contribution < 1.29 is 9.18 Å². The molecule has 20 heavy (non-hydrogen) atoms. The highest BCUT2D eigenvalue weighted by Crippen LogP contribution is 2.15. The van der Waals surface area contributed by atoms with Crippen molar-refractivity contribution in [3.63, 3.8) is 0 Å². The van der Waals surface area contributed by atoms with Crippen molar-refractivity contribution in [2.45, 2.75) is 0 Å². The largest absolute Gasteiger partial charge is 0.307 e. The fraction of sp³-hybridized carbons (Fsp3) is 0. The number of aromatic nitrogens is 1. The molecular formula is C16H11FN2O. The Morgan fingerprint density at radius 3 is 2.70 bits per heavy atom. The van der Waals surface area contributed by atoms with E-state index in [1.165, 1.54) is 18.2 Å². The Labute approximate surface area is 115 Å². The molecule has 3 nitrogen and oxygen atoms in total. The van der Waals surface area contributed by atoms with Gasteiger partial charge in [-0.3, -0.25) is 4.79 Å². The zero-order valence-corrected chi connectivity index (χ0v) is 10.5. The number of hydrogen-bond donors (Lipinski definition) is 1. The Morgan fingerprint density at radius 2 is 1.85 bits per heavy atom. The molecule has 0 aliphatic carbocycles. The Bertz CT molecular complexity index is 786. The molecule has 1 N–H and O–H groups in total. The van der Waals surface area contributed by atoms with E-state index < -0.39 is 5.82 Å². The van der Waals surface area contributed by atoms with Gasteiger partial charge in [0.1, 0.15) is 11.6 Å². The number of fused-ring (bicyclic) bond motifs is 1. The number of carbonyl (C=O) groups excluding carboxylic acids is 1. The molecule has 98 valence electrons. The Balaban J connectivity index is 1.87. The molecule has 0 aliphatic rings. The van der Waals surface area contributed by atoms with E-state index in [-0.39, 0.29) is 11.5 Å². The first-order chi connectivity index (χ1) is 9.72. The lowest BCUT2D eigenvalue weighted by atomic mass is 10.2. The first-order valence-corrected chi connectivity index (χ1v) is 6.15. The molecule has 0 saturated heterocycles. The van der Waals surface area contributed by atoms with Gasteiger partial charge in [-0.2, -0.15) is 0 Å². The summed E-state index contributed by atoms with van der Waals surface area (Å²) in [6.07, 6.45) is 0. The van der Waals surface area contributed by atoms with Gasteiger partial charge >= 0.3 is 0 Å². The maximum atomic E-state index is 13.1. The molecule has 0 radical (unpaired) electrons. The number of pyridine rings is 1. The summed E-state index contributed by atoms with van der Waals surface area (Å²) in [5, 5.41) is 3.66. The molecular weight excluding hydrogens is 255 g/mol. The van der Waals surface area contributed by atoms with E-state index in [1.54, 1.807) is 12.1 Å². The van der Waals surface area contributed by atoms with Crippen LogP contribution in [0.3, 0.4) is 0 Å². The lowest BCUT2D eigenvalue weighted by Crippen LogP contribution is -2.13. The standard InChI is InChI=1S/C16H11FN2O/c17-13-6-3-5-12(10-13)16(20)19-15-9-8-11-4-1-2-7-14(11)18-15/h1-10H,(H,18,19,20). The van der Waals surface area contributed by atoms with Crippen molar-refractivity contribution >= 4 is 22.6 Å². The fourth-order valence-corrected chi connectivity index (χ4v) is 1.95. The number of rotatable bonds is 2. The second-order valence-electron chi connectivity index (χ2n) is 4.35. The van der Waals surface area contributed by atoms with Crippen molar-refractivity contribution in [1.29, 1.82) is 0 Å². The molecule has 0 saturated carbocycles. The number of anilines is 1. The zero-order chi connectivity index (χ0) is 13.9. The summed E-state index contributed by atoms with van der Waals surface area (Å²) in [5.74, 6) is -0.380. The zero-order valence-electron chi connectivity index (χ0n) is 10.5. The third-order valence-electron chi connectivity index (χ3n) is 2.93. The van der Waals surface area contributed by atoms with Gasteiger partial charge in [0.05, 0.1) is 5.52 Å². The monoisotopic (exact) mass is 266 g/mol. The van der Waals surface area contributed by atoms with Crippen molar-refractivity contribution in [1.82, 2.24) is 4.98 Å². The number of benzene rings is 2. The van der Waals surface area contributed by atoms with Crippen molar-refractivity contribution in [3.8, 4) is 0 Å². The Kier molecular flexibility index (Phi) is 3.13. The van der Waals surface area contributed by atoms with Crippen LogP contribution in [0, 0.1) is 5.82 Å². The Hall–Kier alpha value is -2.75. The third-order valence-corrected chi connectivity index (χ3v) is 2.93. The van der Waals surface area contributed by atoms with Crippen LogP contribution in [-0.4, -0.2) is 10.9 Å². The molecule has 0 spiro atoms. The predicted octanol–water partition coefficient (Wildman–Crippen LogP) is 3.63. The molecule has 1 heterocycles.